The van der Waals surface area contributed by atoms with Gasteiger partial charge in [-0.25, -0.2) is 0 Å². The van der Waals surface area contributed by atoms with Gasteiger partial charge in [0, 0.05) is 32.7 Å². The Morgan fingerprint density at radius 2 is 2.05 bits per heavy atom. The van der Waals surface area contributed by atoms with Gasteiger partial charge in [0.25, 0.3) is 0 Å². The Kier molecular flexibility index (Phi) is 4.18. The molecule has 5 heteroatoms. The zero-order valence-electron chi connectivity index (χ0n) is 11.1. The van der Waals surface area contributed by atoms with Gasteiger partial charge in [0.1, 0.15) is 0 Å². The predicted octanol–water partition coefficient (Wildman–Crippen LogP) is 4.55. The smallest absolute Gasteiger partial charge is 0.234 e. The molecule has 0 aliphatic rings. The first kappa shape index (κ1) is 14.0. The van der Waals surface area contributed by atoms with Gasteiger partial charge in [-0.05, 0) is 24.3 Å². The van der Waals surface area contributed by atoms with Gasteiger partial charge in [0.05, 0.1) is 5.75 Å². The fourth-order valence-corrected chi connectivity index (χ4v) is 3.10. The van der Waals surface area contributed by atoms with Gasteiger partial charge >= 0.3 is 0 Å². The van der Waals surface area contributed by atoms with Gasteiger partial charge in [-0.3, -0.25) is 4.79 Å². The van der Waals surface area contributed by atoms with Crippen molar-refractivity contribution in [2.24, 2.45) is 0 Å². The minimum atomic E-state index is -0.0486. The lowest BCUT2D eigenvalue weighted by Crippen LogP contribution is -2.13. The summed E-state index contributed by atoms with van der Waals surface area (Å²) in [6, 6.07) is 15.2. The van der Waals surface area contributed by atoms with E-state index in [4.69, 9.17) is 11.6 Å². The van der Waals surface area contributed by atoms with Gasteiger partial charge in [0.2, 0.25) is 5.91 Å². The number of aromatic amines is 1. The number of carbonyl (C=O) groups excluding carboxylic acids is 1. The highest BCUT2D eigenvalue weighted by atomic mass is 35.5. The lowest BCUT2D eigenvalue weighted by molar-refractivity contribution is -0.113. The molecule has 21 heavy (non-hydrogen) atoms. The average Bonchev–Trinajstić information content (AvgIpc) is 2.88. The summed E-state index contributed by atoms with van der Waals surface area (Å²) in [5.41, 5.74) is 1.79. The van der Waals surface area contributed by atoms with Crippen molar-refractivity contribution in [1.29, 1.82) is 0 Å². The molecule has 0 fully saturated rings. The molecule has 106 valence electrons. The standard InChI is InChI=1S/C16H13ClN2OS/c17-11-4-3-5-12(8-11)19-16(20)10-21-15-9-18-14-7-2-1-6-13(14)15/h1-9,18H,10H2,(H,19,20). The summed E-state index contributed by atoms with van der Waals surface area (Å²) in [7, 11) is 0. The van der Waals surface area contributed by atoms with Crippen molar-refractivity contribution < 1.29 is 4.79 Å². The number of H-pyrrole nitrogens is 1. The number of hydrogen-bond acceptors (Lipinski definition) is 2. The minimum Gasteiger partial charge on any atom is -0.360 e. The first-order valence-corrected chi connectivity index (χ1v) is 7.83. The Morgan fingerprint density at radius 1 is 1.19 bits per heavy atom. The number of fused-ring (bicyclic) bond motifs is 1. The maximum Gasteiger partial charge on any atom is 0.234 e. The molecule has 0 saturated carbocycles. The monoisotopic (exact) mass is 316 g/mol. The van der Waals surface area contributed by atoms with E-state index in [9.17, 15) is 4.79 Å². The topological polar surface area (TPSA) is 44.9 Å². The molecule has 3 nitrogen and oxygen atoms in total. The number of rotatable bonds is 4. The summed E-state index contributed by atoms with van der Waals surface area (Å²) in [6.07, 6.45) is 1.93. The van der Waals surface area contributed by atoms with E-state index in [1.54, 1.807) is 12.1 Å². The van der Waals surface area contributed by atoms with E-state index in [0.29, 0.717) is 16.5 Å². The fourth-order valence-electron chi connectivity index (χ4n) is 2.07. The molecule has 2 aromatic carbocycles. The quantitative estimate of drug-likeness (QED) is 0.693. The Morgan fingerprint density at radius 3 is 2.90 bits per heavy atom. The van der Waals surface area contributed by atoms with Crippen molar-refractivity contribution >= 4 is 45.9 Å². The number of benzene rings is 2. The SMILES string of the molecule is O=C(CSc1c[nH]c2ccccc12)Nc1cccc(Cl)c1. The second-order valence-corrected chi connectivity index (χ2v) is 6.00. The normalized spacial score (nSPS) is 10.7. The third-order valence-corrected chi connectivity index (χ3v) is 4.31. The molecule has 1 amide bonds. The Balaban J connectivity index is 1.63. The van der Waals surface area contributed by atoms with Crippen LogP contribution in [-0.4, -0.2) is 16.6 Å². The molecule has 1 aromatic heterocycles. The van der Waals surface area contributed by atoms with E-state index in [1.165, 1.54) is 11.8 Å². The molecule has 3 rings (SSSR count). The third kappa shape index (κ3) is 3.40. The summed E-state index contributed by atoms with van der Waals surface area (Å²) in [6.45, 7) is 0. The summed E-state index contributed by atoms with van der Waals surface area (Å²) in [5, 5.41) is 4.58. The van der Waals surface area contributed by atoms with Crippen molar-refractivity contribution in [2.45, 2.75) is 4.90 Å². The van der Waals surface area contributed by atoms with E-state index in [2.05, 4.69) is 10.3 Å². The van der Waals surface area contributed by atoms with Crippen LogP contribution in [0.3, 0.4) is 0 Å². The molecule has 0 unspecified atom stereocenters. The molecule has 1 heterocycles. The molecule has 0 aliphatic carbocycles. The van der Waals surface area contributed by atoms with Gasteiger partial charge in [-0.15, -0.1) is 11.8 Å². The van der Waals surface area contributed by atoms with Crippen molar-refractivity contribution in [3.8, 4) is 0 Å². The minimum absolute atomic E-state index is 0.0486. The van der Waals surface area contributed by atoms with E-state index < -0.39 is 0 Å². The molecule has 0 bridgehead atoms. The van der Waals surface area contributed by atoms with Gasteiger partial charge in [0.15, 0.2) is 0 Å². The molecular formula is C16H13ClN2OS. The highest BCUT2D eigenvalue weighted by Gasteiger charge is 2.07. The van der Waals surface area contributed by atoms with Crippen LogP contribution in [0.25, 0.3) is 10.9 Å². The number of halogens is 1. The second-order valence-electron chi connectivity index (χ2n) is 4.55. The van der Waals surface area contributed by atoms with E-state index >= 15 is 0 Å². The number of thioether (sulfide) groups is 1. The second kappa shape index (κ2) is 6.24. The molecule has 2 N–H and O–H groups in total. The van der Waals surface area contributed by atoms with Crippen LogP contribution in [0.15, 0.2) is 59.6 Å². The number of nitrogens with one attached hydrogen (secondary N) is 2. The van der Waals surface area contributed by atoms with Crippen molar-refractivity contribution in [3.05, 3.63) is 59.8 Å². The fraction of sp³-hybridized carbons (Fsp3) is 0.0625. The molecule has 0 radical (unpaired) electrons. The summed E-state index contributed by atoms with van der Waals surface area (Å²) >= 11 is 7.40. The summed E-state index contributed by atoms with van der Waals surface area (Å²) < 4.78 is 0. The average molecular weight is 317 g/mol. The van der Waals surface area contributed by atoms with Crippen LogP contribution >= 0.6 is 23.4 Å². The number of aromatic nitrogens is 1. The summed E-state index contributed by atoms with van der Waals surface area (Å²) in [5.74, 6) is 0.307. The predicted molar refractivity (Wildman–Crippen MR) is 89.1 cm³/mol. The van der Waals surface area contributed by atoms with E-state index in [-0.39, 0.29) is 5.91 Å². The van der Waals surface area contributed by atoms with E-state index in [1.807, 2.05) is 42.6 Å². The molecule has 3 aromatic rings. The summed E-state index contributed by atoms with van der Waals surface area (Å²) in [4.78, 5) is 16.2. The highest BCUT2D eigenvalue weighted by molar-refractivity contribution is 8.00. The van der Waals surface area contributed by atoms with Crippen LogP contribution in [0.4, 0.5) is 5.69 Å². The molecule has 0 atom stereocenters. The molecule has 0 aliphatic heterocycles. The highest BCUT2D eigenvalue weighted by Crippen LogP contribution is 2.27. The number of carbonyl (C=O) groups is 1. The van der Waals surface area contributed by atoms with Crippen LogP contribution in [0.2, 0.25) is 5.02 Å². The Bertz CT molecular complexity index is 785. The molecule has 0 spiro atoms. The molecular weight excluding hydrogens is 304 g/mol. The molecule has 0 saturated heterocycles. The third-order valence-electron chi connectivity index (χ3n) is 3.02. The van der Waals surface area contributed by atoms with Crippen molar-refractivity contribution in [3.63, 3.8) is 0 Å². The maximum atomic E-state index is 12.0. The number of amides is 1. The van der Waals surface area contributed by atoms with Crippen molar-refractivity contribution in [1.82, 2.24) is 4.98 Å². The maximum absolute atomic E-state index is 12.0. The zero-order valence-corrected chi connectivity index (χ0v) is 12.7. The van der Waals surface area contributed by atoms with Gasteiger partial charge in [-0.2, -0.15) is 0 Å². The Labute approximate surface area is 131 Å². The number of anilines is 1. The largest absolute Gasteiger partial charge is 0.360 e. The van der Waals surface area contributed by atoms with Gasteiger partial charge in [-0.1, -0.05) is 35.9 Å². The number of para-hydroxylation sites is 1. The van der Waals surface area contributed by atoms with Crippen LogP contribution in [0.1, 0.15) is 0 Å². The van der Waals surface area contributed by atoms with E-state index in [0.717, 1.165) is 15.8 Å². The first-order valence-electron chi connectivity index (χ1n) is 6.47. The van der Waals surface area contributed by atoms with Crippen LogP contribution < -0.4 is 5.32 Å². The lowest BCUT2D eigenvalue weighted by Gasteiger charge is -2.05. The van der Waals surface area contributed by atoms with Crippen LogP contribution in [-0.2, 0) is 4.79 Å². The lowest BCUT2D eigenvalue weighted by atomic mass is 10.2. The van der Waals surface area contributed by atoms with Crippen LogP contribution in [0, 0.1) is 0 Å². The Hall–Kier alpha value is -1.91. The first-order chi connectivity index (χ1) is 10.2. The van der Waals surface area contributed by atoms with Crippen molar-refractivity contribution in [2.75, 3.05) is 11.1 Å². The van der Waals surface area contributed by atoms with Crippen LogP contribution in [0.5, 0.6) is 0 Å². The zero-order chi connectivity index (χ0) is 14.7. The van der Waals surface area contributed by atoms with Gasteiger partial charge < -0.3 is 10.3 Å². The number of hydrogen-bond donors (Lipinski definition) is 2.